The number of anilines is 1. The summed E-state index contributed by atoms with van der Waals surface area (Å²) in [7, 11) is 0. The van der Waals surface area contributed by atoms with Gasteiger partial charge < -0.3 is 14.8 Å². The largest absolute Gasteiger partial charge is 0.476 e. The lowest BCUT2D eigenvalue weighted by molar-refractivity contribution is -0.161. The van der Waals surface area contributed by atoms with Gasteiger partial charge in [-0.25, -0.2) is 4.79 Å². The fourth-order valence-electron chi connectivity index (χ4n) is 2.02. The van der Waals surface area contributed by atoms with Crippen LogP contribution in [0.4, 0.5) is 5.69 Å². The van der Waals surface area contributed by atoms with Crippen molar-refractivity contribution in [1.29, 1.82) is 5.26 Å². The topological polar surface area (TPSA) is 88.4 Å². The highest BCUT2D eigenvalue weighted by Gasteiger charge is 2.32. The molecule has 0 bridgehead atoms. The monoisotopic (exact) mass is 406 g/mol. The summed E-state index contributed by atoms with van der Waals surface area (Å²) in [5.41, 5.74) is -0.620. The molecule has 0 atom stereocenters. The number of esters is 1. The summed E-state index contributed by atoms with van der Waals surface area (Å²) in [5, 5.41) is 12.1. The van der Waals surface area contributed by atoms with Crippen LogP contribution in [0, 0.1) is 11.3 Å². The molecule has 0 aromatic heterocycles. The van der Waals surface area contributed by atoms with Crippen molar-refractivity contribution in [2.45, 2.75) is 19.4 Å². The second-order valence-corrected chi connectivity index (χ2v) is 6.84. The van der Waals surface area contributed by atoms with Gasteiger partial charge in [0.25, 0.3) is 5.91 Å². The summed E-state index contributed by atoms with van der Waals surface area (Å²) in [5.74, 6) is -0.810. The molecular formula is C19H16Cl2N2O4. The van der Waals surface area contributed by atoms with Crippen LogP contribution in [0.15, 0.2) is 42.5 Å². The van der Waals surface area contributed by atoms with Crippen LogP contribution in [-0.2, 0) is 14.3 Å². The Morgan fingerprint density at radius 1 is 1.15 bits per heavy atom. The van der Waals surface area contributed by atoms with E-state index in [0.717, 1.165) is 0 Å². The predicted octanol–water partition coefficient (Wildman–Crippen LogP) is 4.20. The molecule has 2 aromatic rings. The molecule has 27 heavy (non-hydrogen) atoms. The van der Waals surface area contributed by atoms with E-state index < -0.39 is 24.1 Å². The number of ether oxygens (including phenoxy) is 2. The molecule has 0 heterocycles. The Labute approximate surface area is 166 Å². The molecule has 2 aromatic carbocycles. The normalized spacial score (nSPS) is 10.6. The third-order valence-corrected chi connectivity index (χ3v) is 3.95. The SMILES string of the molecule is CC(C)(Oc1ccc(Cl)cc1)C(=O)OCC(=O)Nc1ccc(C#N)c(Cl)c1. The molecule has 2 rings (SSSR count). The Kier molecular flexibility index (Phi) is 6.67. The van der Waals surface area contributed by atoms with E-state index in [1.54, 1.807) is 24.3 Å². The number of nitriles is 1. The summed E-state index contributed by atoms with van der Waals surface area (Å²) < 4.78 is 10.6. The van der Waals surface area contributed by atoms with E-state index in [-0.39, 0.29) is 5.02 Å². The Morgan fingerprint density at radius 3 is 2.41 bits per heavy atom. The zero-order valence-electron chi connectivity index (χ0n) is 14.6. The molecule has 0 saturated heterocycles. The summed E-state index contributed by atoms with van der Waals surface area (Å²) >= 11 is 11.7. The molecule has 0 saturated carbocycles. The lowest BCUT2D eigenvalue weighted by atomic mass is 10.1. The van der Waals surface area contributed by atoms with Gasteiger partial charge in [-0.3, -0.25) is 4.79 Å². The van der Waals surface area contributed by atoms with E-state index in [1.165, 1.54) is 32.0 Å². The number of carbonyl (C=O) groups is 2. The molecule has 1 N–H and O–H groups in total. The highest BCUT2D eigenvalue weighted by atomic mass is 35.5. The van der Waals surface area contributed by atoms with E-state index >= 15 is 0 Å². The molecule has 0 aliphatic heterocycles. The average Bonchev–Trinajstić information content (AvgIpc) is 2.61. The molecule has 0 aliphatic rings. The number of rotatable bonds is 6. The van der Waals surface area contributed by atoms with Crippen molar-refractivity contribution < 1.29 is 19.1 Å². The summed E-state index contributed by atoms with van der Waals surface area (Å²) in [4.78, 5) is 24.2. The minimum atomic E-state index is -1.30. The maximum Gasteiger partial charge on any atom is 0.350 e. The molecule has 140 valence electrons. The van der Waals surface area contributed by atoms with Gasteiger partial charge >= 0.3 is 5.97 Å². The lowest BCUT2D eigenvalue weighted by Crippen LogP contribution is -2.41. The number of nitrogens with one attached hydrogen (secondary N) is 1. The average molecular weight is 407 g/mol. The van der Waals surface area contributed by atoms with E-state index in [0.29, 0.717) is 22.0 Å². The van der Waals surface area contributed by atoms with Crippen LogP contribution >= 0.6 is 23.2 Å². The van der Waals surface area contributed by atoms with Crippen molar-refractivity contribution in [2.75, 3.05) is 11.9 Å². The number of benzene rings is 2. The van der Waals surface area contributed by atoms with Gasteiger partial charge in [-0.2, -0.15) is 5.26 Å². The van der Waals surface area contributed by atoms with Crippen molar-refractivity contribution in [1.82, 2.24) is 0 Å². The Hall–Kier alpha value is -2.75. The predicted molar refractivity (Wildman–Crippen MR) is 102 cm³/mol. The maximum absolute atomic E-state index is 12.2. The number of amides is 1. The first-order chi connectivity index (χ1) is 12.7. The Morgan fingerprint density at radius 2 is 1.81 bits per heavy atom. The van der Waals surface area contributed by atoms with Crippen LogP contribution in [0.3, 0.4) is 0 Å². The summed E-state index contributed by atoms with van der Waals surface area (Å²) in [6, 6.07) is 12.9. The number of hydrogen-bond acceptors (Lipinski definition) is 5. The van der Waals surface area contributed by atoms with Gasteiger partial charge in [0.15, 0.2) is 12.2 Å². The number of nitrogens with zero attached hydrogens (tertiary/aromatic N) is 1. The smallest absolute Gasteiger partial charge is 0.350 e. The molecule has 0 fully saturated rings. The second kappa shape index (κ2) is 8.76. The standard InChI is InChI=1S/C19H16Cl2N2O4/c1-19(2,27-15-7-4-13(20)5-8-15)18(25)26-11-17(24)23-14-6-3-12(10-22)16(21)9-14/h3-9H,11H2,1-2H3,(H,23,24). The Bertz CT molecular complexity index is 890. The minimum absolute atomic E-state index is 0.213. The van der Waals surface area contributed by atoms with E-state index in [1.807, 2.05) is 6.07 Å². The van der Waals surface area contributed by atoms with Gasteiger partial charge in [0, 0.05) is 10.7 Å². The third-order valence-electron chi connectivity index (χ3n) is 3.39. The Balaban J connectivity index is 1.89. The zero-order valence-corrected chi connectivity index (χ0v) is 16.1. The fraction of sp³-hybridized carbons (Fsp3) is 0.211. The first kappa shape index (κ1) is 20.6. The van der Waals surface area contributed by atoms with Crippen LogP contribution in [0.1, 0.15) is 19.4 Å². The minimum Gasteiger partial charge on any atom is -0.476 e. The second-order valence-electron chi connectivity index (χ2n) is 6.00. The highest BCUT2D eigenvalue weighted by Crippen LogP contribution is 2.22. The molecule has 0 aliphatic carbocycles. The van der Waals surface area contributed by atoms with Gasteiger partial charge in [0.2, 0.25) is 0 Å². The first-order valence-electron chi connectivity index (χ1n) is 7.82. The lowest BCUT2D eigenvalue weighted by Gasteiger charge is -2.24. The summed E-state index contributed by atoms with van der Waals surface area (Å²) in [6.07, 6.45) is 0. The van der Waals surface area contributed by atoms with Crippen molar-refractivity contribution in [2.24, 2.45) is 0 Å². The van der Waals surface area contributed by atoms with Gasteiger partial charge in [0.05, 0.1) is 10.6 Å². The van der Waals surface area contributed by atoms with Crippen molar-refractivity contribution >= 4 is 40.8 Å². The van der Waals surface area contributed by atoms with E-state index in [4.69, 9.17) is 37.9 Å². The molecule has 0 unspecified atom stereocenters. The first-order valence-corrected chi connectivity index (χ1v) is 8.58. The highest BCUT2D eigenvalue weighted by molar-refractivity contribution is 6.32. The summed E-state index contributed by atoms with van der Waals surface area (Å²) in [6.45, 7) is 2.56. The van der Waals surface area contributed by atoms with Crippen LogP contribution < -0.4 is 10.1 Å². The van der Waals surface area contributed by atoms with Gasteiger partial charge in [-0.1, -0.05) is 23.2 Å². The van der Waals surface area contributed by atoms with Crippen molar-refractivity contribution in [3.8, 4) is 11.8 Å². The molecule has 8 heteroatoms. The molecule has 0 spiro atoms. The zero-order chi connectivity index (χ0) is 20.0. The molecule has 6 nitrogen and oxygen atoms in total. The van der Waals surface area contributed by atoms with Gasteiger partial charge in [0.1, 0.15) is 11.8 Å². The molecule has 1 amide bonds. The maximum atomic E-state index is 12.2. The number of hydrogen-bond donors (Lipinski definition) is 1. The van der Waals surface area contributed by atoms with E-state index in [9.17, 15) is 9.59 Å². The molecule has 0 radical (unpaired) electrons. The van der Waals surface area contributed by atoms with Crippen molar-refractivity contribution in [3.05, 3.63) is 58.1 Å². The van der Waals surface area contributed by atoms with Crippen LogP contribution in [-0.4, -0.2) is 24.1 Å². The van der Waals surface area contributed by atoms with E-state index in [2.05, 4.69) is 5.32 Å². The van der Waals surface area contributed by atoms with Gasteiger partial charge in [-0.05, 0) is 56.3 Å². The quantitative estimate of drug-likeness (QED) is 0.725. The van der Waals surface area contributed by atoms with Crippen LogP contribution in [0.5, 0.6) is 5.75 Å². The van der Waals surface area contributed by atoms with Gasteiger partial charge in [-0.15, -0.1) is 0 Å². The van der Waals surface area contributed by atoms with Crippen LogP contribution in [0.25, 0.3) is 0 Å². The molecular weight excluding hydrogens is 391 g/mol. The van der Waals surface area contributed by atoms with Crippen LogP contribution in [0.2, 0.25) is 10.0 Å². The number of halogens is 2. The number of carbonyl (C=O) groups excluding carboxylic acids is 2. The fourth-order valence-corrected chi connectivity index (χ4v) is 2.37. The van der Waals surface area contributed by atoms with Crippen molar-refractivity contribution in [3.63, 3.8) is 0 Å². The third kappa shape index (κ3) is 5.88.